The number of aromatic hydroxyl groups is 1. The van der Waals surface area contributed by atoms with Gasteiger partial charge in [-0.3, -0.25) is 14.4 Å². The van der Waals surface area contributed by atoms with Crippen LogP contribution in [0.25, 0.3) is 10.9 Å². The third-order valence-electron chi connectivity index (χ3n) is 8.38. The second-order valence-corrected chi connectivity index (χ2v) is 13.8. The van der Waals surface area contributed by atoms with Crippen molar-refractivity contribution in [2.75, 3.05) is 5.32 Å². The molecule has 1 heterocycles. The van der Waals surface area contributed by atoms with Crippen molar-refractivity contribution < 1.29 is 19.5 Å². The second kappa shape index (κ2) is 10.7. The van der Waals surface area contributed by atoms with Crippen LogP contribution in [0.5, 0.6) is 5.75 Å². The highest BCUT2D eigenvalue weighted by Gasteiger charge is 2.42. The molecule has 43 heavy (non-hydrogen) atoms. The normalized spacial score (nSPS) is 14.0. The second-order valence-electron chi connectivity index (χ2n) is 13.8. The molecular formula is C37H40N2O4. The Morgan fingerprint density at radius 3 is 1.93 bits per heavy atom. The fourth-order valence-corrected chi connectivity index (χ4v) is 6.00. The van der Waals surface area contributed by atoms with Gasteiger partial charge in [-0.1, -0.05) is 84.0 Å². The Balaban J connectivity index is 1.41. The molecule has 4 aromatic rings. The summed E-state index contributed by atoms with van der Waals surface area (Å²) in [6.07, 6.45) is 0.741. The monoisotopic (exact) mass is 576 g/mol. The van der Waals surface area contributed by atoms with Gasteiger partial charge in [-0.05, 0) is 71.0 Å². The molecule has 222 valence electrons. The summed E-state index contributed by atoms with van der Waals surface area (Å²) in [5, 5.41) is 14.9. The van der Waals surface area contributed by atoms with E-state index in [1.807, 2.05) is 56.3 Å². The molecule has 1 amide bonds. The zero-order valence-corrected chi connectivity index (χ0v) is 26.3. The Morgan fingerprint density at radius 2 is 1.40 bits per heavy atom. The van der Waals surface area contributed by atoms with E-state index in [2.05, 4.69) is 46.9 Å². The fraction of sp³-hybridized carbons (Fsp3) is 0.351. The lowest BCUT2D eigenvalue weighted by Crippen LogP contribution is -2.18. The van der Waals surface area contributed by atoms with E-state index in [0.717, 1.165) is 33.2 Å². The number of ketones is 2. The fourth-order valence-electron chi connectivity index (χ4n) is 6.00. The summed E-state index contributed by atoms with van der Waals surface area (Å²) >= 11 is 0. The highest BCUT2D eigenvalue weighted by atomic mass is 16.3. The number of nitrogens with zero attached hydrogens (tertiary/aromatic N) is 1. The van der Waals surface area contributed by atoms with Gasteiger partial charge in [-0.25, -0.2) is 4.98 Å². The molecule has 0 bridgehead atoms. The van der Waals surface area contributed by atoms with Gasteiger partial charge in [0.2, 0.25) is 5.91 Å². The molecule has 0 spiro atoms. The number of carbonyl (C=O) groups excluding carboxylic acids is 3. The van der Waals surface area contributed by atoms with Crippen LogP contribution < -0.4 is 5.32 Å². The quantitative estimate of drug-likeness (QED) is 0.236. The van der Waals surface area contributed by atoms with Crippen LogP contribution in [0.15, 0.2) is 54.6 Å². The number of amides is 1. The number of aromatic nitrogens is 1. The summed E-state index contributed by atoms with van der Waals surface area (Å²) in [5.41, 5.74) is 6.20. The first-order chi connectivity index (χ1) is 20.1. The first-order valence-corrected chi connectivity index (χ1v) is 14.8. The molecule has 1 aliphatic carbocycles. The topological polar surface area (TPSA) is 96.4 Å². The van der Waals surface area contributed by atoms with Crippen molar-refractivity contribution in [3.63, 3.8) is 0 Å². The van der Waals surface area contributed by atoms with Gasteiger partial charge in [0.25, 0.3) is 0 Å². The molecule has 5 rings (SSSR count). The van der Waals surface area contributed by atoms with E-state index in [0.29, 0.717) is 40.2 Å². The maximum absolute atomic E-state index is 13.4. The number of carbonyl (C=O) groups is 3. The summed E-state index contributed by atoms with van der Waals surface area (Å²) in [7, 11) is 0. The summed E-state index contributed by atoms with van der Waals surface area (Å²) in [6, 6.07) is 16.8. The first-order valence-electron chi connectivity index (χ1n) is 14.8. The van der Waals surface area contributed by atoms with Crippen molar-refractivity contribution in [1.29, 1.82) is 0 Å². The Bertz CT molecular complexity index is 1730. The number of anilines is 1. The van der Waals surface area contributed by atoms with Gasteiger partial charge in [0.05, 0.1) is 16.9 Å². The van der Waals surface area contributed by atoms with Crippen LogP contribution in [-0.4, -0.2) is 27.6 Å². The predicted octanol–water partition coefficient (Wildman–Crippen LogP) is 7.89. The molecule has 1 aromatic heterocycles. The van der Waals surface area contributed by atoms with Crippen molar-refractivity contribution in [1.82, 2.24) is 4.98 Å². The molecule has 6 nitrogen and oxygen atoms in total. The maximum Gasteiger partial charge on any atom is 0.224 e. The van der Waals surface area contributed by atoms with Gasteiger partial charge >= 0.3 is 0 Å². The molecular weight excluding hydrogens is 536 g/mol. The van der Waals surface area contributed by atoms with Crippen LogP contribution in [0.4, 0.5) is 5.69 Å². The Labute approximate surface area is 253 Å². The minimum absolute atomic E-state index is 0.172. The van der Waals surface area contributed by atoms with Gasteiger partial charge < -0.3 is 10.4 Å². The van der Waals surface area contributed by atoms with Crippen LogP contribution in [0.3, 0.4) is 0 Å². The first kappa shape index (κ1) is 30.1. The number of nitrogens with one attached hydrogen (secondary N) is 1. The lowest BCUT2D eigenvalue weighted by atomic mass is 9.78. The highest BCUT2D eigenvalue weighted by molar-refractivity contribution is 6.30. The van der Waals surface area contributed by atoms with E-state index in [4.69, 9.17) is 4.98 Å². The van der Waals surface area contributed by atoms with Crippen LogP contribution in [0.2, 0.25) is 0 Å². The number of phenols is 1. The summed E-state index contributed by atoms with van der Waals surface area (Å²) in [5.74, 6) is -1.31. The molecule has 0 saturated carbocycles. The van der Waals surface area contributed by atoms with Crippen molar-refractivity contribution >= 4 is 34.1 Å². The van der Waals surface area contributed by atoms with Crippen LogP contribution in [0, 0.1) is 13.8 Å². The standard InChI is InChI=1S/C37H40N2O4/c1-20-12-13-21(2)30-29(20)34(42)31(35(30)43)26-16-15-23-10-9-11-27(32(23)39-26)38-28(40)17-14-22-18-24(36(3,4)5)33(41)25(19-22)37(6,7)8/h9-13,15-16,18-19,31,41H,14,17H2,1-8H3,(H,38,40). The van der Waals surface area contributed by atoms with Gasteiger partial charge in [0.1, 0.15) is 11.7 Å². The van der Waals surface area contributed by atoms with Gasteiger partial charge in [-0.2, -0.15) is 0 Å². The Kier molecular flexibility index (Phi) is 7.54. The van der Waals surface area contributed by atoms with Crippen molar-refractivity contribution in [2.45, 2.75) is 85.0 Å². The molecule has 0 radical (unpaired) electrons. The number of hydrogen-bond donors (Lipinski definition) is 2. The largest absolute Gasteiger partial charge is 0.507 e. The molecule has 1 aliphatic rings. The number of pyridine rings is 1. The van der Waals surface area contributed by atoms with Crippen LogP contribution >= 0.6 is 0 Å². The number of benzene rings is 3. The third kappa shape index (κ3) is 5.58. The maximum atomic E-state index is 13.4. The van der Waals surface area contributed by atoms with Gasteiger partial charge in [-0.15, -0.1) is 0 Å². The zero-order chi connectivity index (χ0) is 31.4. The van der Waals surface area contributed by atoms with E-state index in [9.17, 15) is 19.5 Å². The number of hydrogen-bond acceptors (Lipinski definition) is 5. The van der Waals surface area contributed by atoms with Gasteiger partial charge in [0, 0.05) is 22.9 Å². The zero-order valence-electron chi connectivity index (χ0n) is 26.3. The van der Waals surface area contributed by atoms with Gasteiger partial charge in [0.15, 0.2) is 11.6 Å². The number of fused-ring (bicyclic) bond motifs is 2. The smallest absolute Gasteiger partial charge is 0.224 e. The average molecular weight is 577 g/mol. The Morgan fingerprint density at radius 1 is 0.837 bits per heavy atom. The van der Waals surface area contributed by atoms with E-state index in [-0.39, 0.29) is 34.7 Å². The predicted molar refractivity (Wildman–Crippen MR) is 172 cm³/mol. The van der Waals surface area contributed by atoms with E-state index >= 15 is 0 Å². The number of para-hydroxylation sites is 1. The lowest BCUT2D eigenvalue weighted by Gasteiger charge is -2.28. The molecule has 0 atom stereocenters. The number of rotatable bonds is 5. The highest BCUT2D eigenvalue weighted by Crippen LogP contribution is 2.40. The molecule has 3 aromatic carbocycles. The SMILES string of the molecule is Cc1ccc(C)c2c1C(=O)C(c1ccc3cccc(NC(=O)CCc4cc(C(C)(C)C)c(O)c(C(C)(C)C)c4)c3n1)C2=O. The molecule has 0 aliphatic heterocycles. The molecule has 0 saturated heterocycles. The number of phenolic OH excluding ortho intramolecular Hbond substituents is 1. The van der Waals surface area contributed by atoms with Crippen molar-refractivity contribution in [2.24, 2.45) is 0 Å². The van der Waals surface area contributed by atoms with E-state index in [1.165, 1.54) is 0 Å². The van der Waals surface area contributed by atoms with Crippen molar-refractivity contribution in [3.05, 3.63) is 99.2 Å². The molecule has 2 N–H and O–H groups in total. The summed E-state index contributed by atoms with van der Waals surface area (Å²) in [6.45, 7) is 16.1. The van der Waals surface area contributed by atoms with E-state index < -0.39 is 5.92 Å². The lowest BCUT2D eigenvalue weighted by molar-refractivity contribution is -0.116. The summed E-state index contributed by atoms with van der Waals surface area (Å²) < 4.78 is 0. The summed E-state index contributed by atoms with van der Waals surface area (Å²) in [4.78, 5) is 44.9. The Hall–Kier alpha value is -4.32. The van der Waals surface area contributed by atoms with Crippen LogP contribution in [-0.2, 0) is 22.0 Å². The molecule has 0 fully saturated rings. The third-order valence-corrected chi connectivity index (χ3v) is 8.38. The molecule has 6 heteroatoms. The molecule has 0 unspecified atom stereocenters. The minimum Gasteiger partial charge on any atom is -0.507 e. The van der Waals surface area contributed by atoms with Crippen molar-refractivity contribution in [3.8, 4) is 5.75 Å². The average Bonchev–Trinajstić information content (AvgIpc) is 3.19. The van der Waals surface area contributed by atoms with E-state index in [1.54, 1.807) is 12.1 Å². The van der Waals surface area contributed by atoms with Crippen LogP contribution in [0.1, 0.15) is 108 Å². The number of aryl methyl sites for hydroxylation is 3. The number of Topliss-reactive ketones (excluding diaryl/α,β-unsaturated/α-hetero) is 2. The minimum atomic E-state index is -0.994.